The largest absolute Gasteiger partial charge is 0.392 e. The molecule has 1 aliphatic carbocycles. The number of carbonyl (C=O) groups excluding carboxylic acids is 1. The van der Waals surface area contributed by atoms with Gasteiger partial charge in [0.1, 0.15) is 16.8 Å². The van der Waals surface area contributed by atoms with Gasteiger partial charge in [-0.05, 0) is 44.1 Å². The SMILES string of the molecule is C[C@H](O)C(=O)N1C[C@H]2CC(Nc3c(-c4ncc(C5COCCC5O)s4)cnc4[nH]ccc34)C[C@H]2C1. The number of nitrogens with zero attached hydrogens (tertiary/aromatic N) is 3. The van der Waals surface area contributed by atoms with Crippen LogP contribution >= 0.6 is 11.3 Å². The van der Waals surface area contributed by atoms with E-state index in [1.807, 2.05) is 29.6 Å². The van der Waals surface area contributed by atoms with Crippen molar-refractivity contribution < 1.29 is 19.7 Å². The minimum atomic E-state index is -0.937. The van der Waals surface area contributed by atoms with E-state index in [1.54, 1.807) is 18.3 Å². The second-order valence-electron chi connectivity index (χ2n) is 10.1. The number of ether oxygens (including phenoxy) is 1. The molecule has 35 heavy (non-hydrogen) atoms. The van der Waals surface area contributed by atoms with Crippen LogP contribution in [0.5, 0.6) is 0 Å². The first-order chi connectivity index (χ1) is 17.0. The number of aromatic amines is 1. The van der Waals surface area contributed by atoms with Gasteiger partial charge in [-0.25, -0.2) is 9.97 Å². The van der Waals surface area contributed by atoms with Crippen LogP contribution in [0.4, 0.5) is 5.69 Å². The molecule has 0 spiro atoms. The van der Waals surface area contributed by atoms with Crippen molar-refractivity contribution in [1.82, 2.24) is 19.9 Å². The highest BCUT2D eigenvalue weighted by Crippen LogP contribution is 2.43. The van der Waals surface area contributed by atoms with Crippen molar-refractivity contribution in [3.05, 3.63) is 29.5 Å². The quantitative estimate of drug-likeness (QED) is 0.427. The number of amides is 1. The predicted molar refractivity (Wildman–Crippen MR) is 133 cm³/mol. The number of hydrogen-bond acceptors (Lipinski definition) is 8. The topological polar surface area (TPSA) is 124 Å². The van der Waals surface area contributed by atoms with Crippen LogP contribution in [0.15, 0.2) is 24.7 Å². The molecule has 10 heteroatoms. The van der Waals surface area contributed by atoms with E-state index in [9.17, 15) is 15.0 Å². The van der Waals surface area contributed by atoms with E-state index in [2.05, 4.69) is 15.3 Å². The van der Waals surface area contributed by atoms with Gasteiger partial charge in [0.05, 0.1) is 24.0 Å². The lowest BCUT2D eigenvalue weighted by Crippen LogP contribution is -2.37. The van der Waals surface area contributed by atoms with E-state index in [0.29, 0.717) is 37.5 Å². The summed E-state index contributed by atoms with van der Waals surface area (Å²) in [4.78, 5) is 27.6. The van der Waals surface area contributed by atoms with Crippen molar-refractivity contribution >= 4 is 34.0 Å². The molecule has 3 aliphatic rings. The molecule has 0 aromatic carbocycles. The number of aromatic nitrogens is 3. The second kappa shape index (κ2) is 9.16. The van der Waals surface area contributed by atoms with Gasteiger partial charge in [-0.15, -0.1) is 11.3 Å². The van der Waals surface area contributed by atoms with Crippen LogP contribution in [0, 0.1) is 11.8 Å². The molecule has 3 unspecified atom stereocenters. The summed E-state index contributed by atoms with van der Waals surface area (Å²) in [5.41, 5.74) is 2.82. The first-order valence-corrected chi connectivity index (χ1v) is 13.2. The normalized spacial score (nSPS) is 29.5. The zero-order chi connectivity index (χ0) is 24.1. The second-order valence-corrected chi connectivity index (χ2v) is 11.2. The van der Waals surface area contributed by atoms with Crippen LogP contribution in [0.3, 0.4) is 0 Å². The number of H-pyrrole nitrogens is 1. The summed E-state index contributed by atoms with van der Waals surface area (Å²) in [7, 11) is 0. The van der Waals surface area contributed by atoms with E-state index in [0.717, 1.165) is 58.1 Å². The minimum Gasteiger partial charge on any atom is -0.392 e. The van der Waals surface area contributed by atoms with Crippen LogP contribution in [-0.4, -0.2) is 80.5 Å². The molecular formula is C25H31N5O4S. The third kappa shape index (κ3) is 4.22. The van der Waals surface area contributed by atoms with Gasteiger partial charge in [0.15, 0.2) is 0 Å². The van der Waals surface area contributed by atoms with E-state index >= 15 is 0 Å². The smallest absolute Gasteiger partial charge is 0.251 e. The van der Waals surface area contributed by atoms with E-state index in [1.165, 1.54) is 0 Å². The van der Waals surface area contributed by atoms with Crippen molar-refractivity contribution in [2.24, 2.45) is 11.8 Å². The fraction of sp³-hybridized carbons (Fsp3) is 0.560. The number of hydrogen-bond donors (Lipinski definition) is 4. The van der Waals surface area contributed by atoms with E-state index in [-0.39, 0.29) is 11.8 Å². The molecule has 186 valence electrons. The maximum Gasteiger partial charge on any atom is 0.251 e. The molecule has 3 aromatic heterocycles. The molecule has 0 radical (unpaired) electrons. The van der Waals surface area contributed by atoms with Crippen molar-refractivity contribution in [3.8, 4) is 10.6 Å². The molecule has 1 amide bonds. The van der Waals surface area contributed by atoms with Crippen molar-refractivity contribution in [3.63, 3.8) is 0 Å². The zero-order valence-electron chi connectivity index (χ0n) is 19.7. The van der Waals surface area contributed by atoms with E-state index in [4.69, 9.17) is 9.72 Å². The molecule has 2 aliphatic heterocycles. The Bertz CT molecular complexity index is 1210. The highest BCUT2D eigenvalue weighted by Gasteiger charge is 2.43. The summed E-state index contributed by atoms with van der Waals surface area (Å²) < 4.78 is 5.60. The number of nitrogens with one attached hydrogen (secondary N) is 2. The van der Waals surface area contributed by atoms with Crippen LogP contribution in [-0.2, 0) is 9.53 Å². The highest BCUT2D eigenvalue weighted by atomic mass is 32.1. The van der Waals surface area contributed by atoms with Gasteiger partial charge in [-0.3, -0.25) is 4.79 Å². The maximum absolute atomic E-state index is 12.2. The fourth-order valence-corrected chi connectivity index (χ4v) is 7.05. The lowest BCUT2D eigenvalue weighted by molar-refractivity contribution is -0.138. The molecule has 4 N–H and O–H groups in total. The predicted octanol–water partition coefficient (Wildman–Crippen LogP) is 2.58. The molecule has 6 rings (SSSR count). The Hall–Kier alpha value is -2.53. The van der Waals surface area contributed by atoms with E-state index < -0.39 is 12.2 Å². The molecule has 3 aromatic rings. The fourth-order valence-electron chi connectivity index (χ4n) is 5.97. The Labute approximate surface area is 207 Å². The summed E-state index contributed by atoms with van der Waals surface area (Å²) in [6.45, 7) is 4.09. The van der Waals surface area contributed by atoms with Crippen LogP contribution in [0.2, 0.25) is 0 Å². The highest BCUT2D eigenvalue weighted by molar-refractivity contribution is 7.15. The van der Waals surface area contributed by atoms with Crippen LogP contribution in [0.25, 0.3) is 21.6 Å². The van der Waals surface area contributed by atoms with Gasteiger partial charge in [0, 0.05) is 60.5 Å². The summed E-state index contributed by atoms with van der Waals surface area (Å²) >= 11 is 1.59. The number of thiazole rings is 1. The van der Waals surface area contributed by atoms with Gasteiger partial charge in [0.25, 0.3) is 5.91 Å². The number of aliphatic hydroxyl groups is 2. The minimum absolute atomic E-state index is 0.0446. The van der Waals surface area contributed by atoms with Crippen LogP contribution in [0.1, 0.15) is 37.0 Å². The number of rotatable bonds is 5. The number of anilines is 1. The maximum atomic E-state index is 12.2. The Balaban J connectivity index is 1.24. The average molecular weight is 498 g/mol. The number of aliphatic hydroxyl groups excluding tert-OH is 2. The Morgan fingerprint density at radius 1 is 1.29 bits per heavy atom. The molecule has 0 bridgehead atoms. The summed E-state index contributed by atoms with van der Waals surface area (Å²) in [5.74, 6) is 0.683. The number of carbonyl (C=O) groups is 1. The summed E-state index contributed by atoms with van der Waals surface area (Å²) in [6, 6.07) is 2.33. The number of pyridine rings is 1. The van der Waals surface area contributed by atoms with Gasteiger partial charge in [-0.2, -0.15) is 0 Å². The molecular weight excluding hydrogens is 466 g/mol. The lowest BCUT2D eigenvalue weighted by Gasteiger charge is -2.26. The number of likely N-dealkylation sites (tertiary alicyclic amines) is 1. The standard InChI is InChI=1S/C25H31N5O4S/c1-13(31)25(33)30-10-14-6-16(7-15(14)11-30)29-22-17-2-4-26-23(17)27-8-18(22)24-28-9-21(35-24)19-12-34-5-3-20(19)32/h2,4,8-9,13-16,19-20,31-32H,3,5-7,10-12H2,1H3,(H2,26,27,29)/t13-,14-,15+,16?,19?,20?/m0/s1. The Morgan fingerprint density at radius 3 is 2.83 bits per heavy atom. The lowest BCUT2D eigenvalue weighted by atomic mass is 9.98. The van der Waals surface area contributed by atoms with Crippen molar-refractivity contribution in [1.29, 1.82) is 0 Å². The Morgan fingerprint density at radius 2 is 2.09 bits per heavy atom. The molecule has 1 saturated carbocycles. The monoisotopic (exact) mass is 497 g/mol. The molecule has 9 nitrogen and oxygen atoms in total. The van der Waals surface area contributed by atoms with Crippen molar-refractivity contribution in [2.75, 3.05) is 31.6 Å². The molecule has 6 atom stereocenters. The first kappa shape index (κ1) is 22.9. The van der Waals surface area contributed by atoms with Crippen molar-refractivity contribution in [2.45, 2.75) is 50.4 Å². The Kier molecular flexibility index (Phi) is 6.00. The number of fused-ring (bicyclic) bond motifs is 2. The third-order valence-corrected chi connectivity index (χ3v) is 8.96. The average Bonchev–Trinajstić information content (AvgIpc) is 3.62. The first-order valence-electron chi connectivity index (χ1n) is 12.4. The summed E-state index contributed by atoms with van der Waals surface area (Å²) in [6.07, 6.45) is 6.90. The van der Waals surface area contributed by atoms with Gasteiger partial charge in [-0.1, -0.05) is 0 Å². The molecule has 3 fully saturated rings. The van der Waals surface area contributed by atoms with Crippen LogP contribution < -0.4 is 5.32 Å². The molecule has 2 saturated heterocycles. The van der Waals surface area contributed by atoms with Gasteiger partial charge in [0.2, 0.25) is 0 Å². The van der Waals surface area contributed by atoms with Gasteiger partial charge >= 0.3 is 0 Å². The molecule has 5 heterocycles. The zero-order valence-corrected chi connectivity index (χ0v) is 20.5. The summed E-state index contributed by atoms with van der Waals surface area (Å²) in [5, 5.41) is 25.8. The van der Waals surface area contributed by atoms with Gasteiger partial charge < -0.3 is 30.2 Å². The third-order valence-electron chi connectivity index (χ3n) is 7.79.